The maximum atomic E-state index is 5.79. The molecule has 3 N–H and O–H groups in total. The average molecular weight is 194 g/mol. The van der Waals surface area contributed by atoms with Gasteiger partial charge in [0, 0.05) is 37.3 Å². The molecule has 1 aromatic heterocycles. The molecule has 0 spiro atoms. The summed E-state index contributed by atoms with van der Waals surface area (Å²) in [5.41, 5.74) is 8.22. The molecule has 1 aliphatic heterocycles. The Bertz CT molecular complexity index is 316. The van der Waals surface area contributed by atoms with E-state index >= 15 is 0 Å². The van der Waals surface area contributed by atoms with Gasteiger partial charge in [0.1, 0.15) is 5.82 Å². The number of nitrogens with two attached hydrogens (primary N) is 1. The standard InChI is InChI=1S/C10H18N4/c1-7(2)5-14-4-3-9-8(6-14)10(11)13-12-9/h7H,3-6H2,1-2H3,(H3,11,12,13). The highest BCUT2D eigenvalue weighted by atomic mass is 15.2. The van der Waals surface area contributed by atoms with Crippen LogP contribution in [-0.4, -0.2) is 28.2 Å². The van der Waals surface area contributed by atoms with Gasteiger partial charge in [-0.15, -0.1) is 0 Å². The van der Waals surface area contributed by atoms with Crippen LogP contribution in [-0.2, 0) is 13.0 Å². The Morgan fingerprint density at radius 1 is 1.57 bits per heavy atom. The number of hydrogen-bond acceptors (Lipinski definition) is 3. The van der Waals surface area contributed by atoms with Crippen molar-refractivity contribution in [3.63, 3.8) is 0 Å². The summed E-state index contributed by atoms with van der Waals surface area (Å²) in [5, 5.41) is 7.04. The molecule has 0 radical (unpaired) electrons. The van der Waals surface area contributed by atoms with Gasteiger partial charge in [-0.05, 0) is 5.92 Å². The summed E-state index contributed by atoms with van der Waals surface area (Å²) < 4.78 is 0. The largest absolute Gasteiger partial charge is 0.382 e. The topological polar surface area (TPSA) is 57.9 Å². The molecule has 0 aliphatic carbocycles. The summed E-state index contributed by atoms with van der Waals surface area (Å²) in [7, 11) is 0. The van der Waals surface area contributed by atoms with Gasteiger partial charge in [0.25, 0.3) is 0 Å². The fourth-order valence-electron chi connectivity index (χ4n) is 2.05. The van der Waals surface area contributed by atoms with Crippen LogP contribution in [0.15, 0.2) is 0 Å². The van der Waals surface area contributed by atoms with Crippen molar-refractivity contribution in [1.82, 2.24) is 15.1 Å². The Morgan fingerprint density at radius 2 is 2.36 bits per heavy atom. The van der Waals surface area contributed by atoms with E-state index in [4.69, 9.17) is 5.73 Å². The first kappa shape index (κ1) is 9.52. The number of anilines is 1. The van der Waals surface area contributed by atoms with Crippen LogP contribution in [0.4, 0.5) is 5.82 Å². The van der Waals surface area contributed by atoms with Gasteiger partial charge >= 0.3 is 0 Å². The minimum Gasteiger partial charge on any atom is -0.382 e. The molecule has 4 heteroatoms. The van der Waals surface area contributed by atoms with E-state index in [1.807, 2.05) is 0 Å². The lowest BCUT2D eigenvalue weighted by molar-refractivity contribution is 0.226. The van der Waals surface area contributed by atoms with Gasteiger partial charge in [-0.1, -0.05) is 13.8 Å². The lowest BCUT2D eigenvalue weighted by Gasteiger charge is -2.27. The van der Waals surface area contributed by atoms with Crippen molar-refractivity contribution in [2.75, 3.05) is 18.8 Å². The van der Waals surface area contributed by atoms with E-state index in [9.17, 15) is 0 Å². The minimum atomic E-state index is 0.674. The van der Waals surface area contributed by atoms with E-state index in [0.717, 1.165) is 26.1 Å². The van der Waals surface area contributed by atoms with Gasteiger partial charge in [-0.3, -0.25) is 10.00 Å². The molecule has 0 saturated carbocycles. The van der Waals surface area contributed by atoms with E-state index in [-0.39, 0.29) is 0 Å². The summed E-state index contributed by atoms with van der Waals surface area (Å²) in [6, 6.07) is 0. The summed E-state index contributed by atoms with van der Waals surface area (Å²) in [4.78, 5) is 2.44. The summed E-state index contributed by atoms with van der Waals surface area (Å²) >= 11 is 0. The maximum absolute atomic E-state index is 5.79. The van der Waals surface area contributed by atoms with Crippen molar-refractivity contribution in [2.24, 2.45) is 5.92 Å². The van der Waals surface area contributed by atoms with Crippen LogP contribution in [0.3, 0.4) is 0 Å². The molecule has 1 aromatic rings. The third-order valence-electron chi connectivity index (χ3n) is 2.67. The molecule has 0 unspecified atom stereocenters. The molecule has 14 heavy (non-hydrogen) atoms. The zero-order valence-electron chi connectivity index (χ0n) is 8.88. The van der Waals surface area contributed by atoms with E-state index in [2.05, 4.69) is 28.9 Å². The summed E-state index contributed by atoms with van der Waals surface area (Å²) in [6.45, 7) is 7.70. The van der Waals surface area contributed by atoms with Crippen molar-refractivity contribution in [1.29, 1.82) is 0 Å². The fourth-order valence-corrected chi connectivity index (χ4v) is 2.05. The second-order valence-corrected chi connectivity index (χ2v) is 4.44. The lowest BCUT2D eigenvalue weighted by Crippen LogP contribution is -2.33. The number of nitrogens with zero attached hydrogens (tertiary/aromatic N) is 2. The highest BCUT2D eigenvalue weighted by Gasteiger charge is 2.20. The molecule has 0 amide bonds. The zero-order valence-corrected chi connectivity index (χ0v) is 8.88. The SMILES string of the molecule is CC(C)CN1CCc2[nH]nc(N)c2C1. The first-order valence-electron chi connectivity index (χ1n) is 5.20. The van der Waals surface area contributed by atoms with Crippen LogP contribution in [0.25, 0.3) is 0 Å². The van der Waals surface area contributed by atoms with Crippen molar-refractivity contribution in [3.8, 4) is 0 Å². The molecule has 2 rings (SSSR count). The van der Waals surface area contributed by atoms with Crippen LogP contribution < -0.4 is 5.73 Å². The molecule has 2 heterocycles. The van der Waals surface area contributed by atoms with Crippen molar-refractivity contribution < 1.29 is 0 Å². The zero-order chi connectivity index (χ0) is 10.1. The van der Waals surface area contributed by atoms with Gasteiger partial charge < -0.3 is 5.73 Å². The smallest absolute Gasteiger partial charge is 0.149 e. The van der Waals surface area contributed by atoms with Crippen LogP contribution >= 0.6 is 0 Å². The number of rotatable bonds is 2. The molecule has 0 bridgehead atoms. The second kappa shape index (κ2) is 3.61. The molecule has 78 valence electrons. The third kappa shape index (κ3) is 1.75. The second-order valence-electron chi connectivity index (χ2n) is 4.44. The fraction of sp³-hybridized carbons (Fsp3) is 0.700. The first-order valence-corrected chi connectivity index (χ1v) is 5.20. The van der Waals surface area contributed by atoms with Crippen molar-refractivity contribution >= 4 is 5.82 Å². The van der Waals surface area contributed by atoms with Gasteiger partial charge in [-0.25, -0.2) is 0 Å². The average Bonchev–Trinajstić information content (AvgIpc) is 2.47. The number of fused-ring (bicyclic) bond motifs is 1. The minimum absolute atomic E-state index is 0.674. The summed E-state index contributed by atoms with van der Waals surface area (Å²) in [5.74, 6) is 1.39. The normalized spacial score (nSPS) is 17.4. The van der Waals surface area contributed by atoms with E-state index in [0.29, 0.717) is 11.7 Å². The predicted octanol–water partition coefficient (Wildman–Crippen LogP) is 1.01. The highest BCUT2D eigenvalue weighted by molar-refractivity contribution is 5.42. The molecule has 0 saturated heterocycles. The molecule has 0 aromatic carbocycles. The Balaban J connectivity index is 2.08. The van der Waals surface area contributed by atoms with Crippen molar-refractivity contribution in [2.45, 2.75) is 26.8 Å². The van der Waals surface area contributed by atoms with Gasteiger partial charge in [0.05, 0.1) is 0 Å². The molecular weight excluding hydrogens is 176 g/mol. The first-order chi connectivity index (χ1) is 6.66. The predicted molar refractivity (Wildman–Crippen MR) is 56.8 cm³/mol. The highest BCUT2D eigenvalue weighted by Crippen LogP contribution is 2.21. The molecule has 4 nitrogen and oxygen atoms in total. The third-order valence-corrected chi connectivity index (χ3v) is 2.67. The van der Waals surface area contributed by atoms with Crippen LogP contribution in [0, 0.1) is 5.92 Å². The van der Waals surface area contributed by atoms with Crippen molar-refractivity contribution in [3.05, 3.63) is 11.3 Å². The number of H-pyrrole nitrogens is 1. The van der Waals surface area contributed by atoms with Gasteiger partial charge in [0.15, 0.2) is 0 Å². The quantitative estimate of drug-likeness (QED) is 0.738. The number of aromatic amines is 1. The van der Waals surface area contributed by atoms with E-state index < -0.39 is 0 Å². The van der Waals surface area contributed by atoms with Gasteiger partial charge in [-0.2, -0.15) is 5.10 Å². The Labute approximate surface area is 84.5 Å². The van der Waals surface area contributed by atoms with E-state index in [1.165, 1.54) is 11.3 Å². The molecule has 1 aliphatic rings. The number of nitrogen functional groups attached to an aromatic ring is 1. The van der Waals surface area contributed by atoms with Gasteiger partial charge in [0.2, 0.25) is 0 Å². The Morgan fingerprint density at radius 3 is 3.07 bits per heavy atom. The summed E-state index contributed by atoms with van der Waals surface area (Å²) in [6.07, 6.45) is 1.05. The van der Waals surface area contributed by atoms with Crippen LogP contribution in [0.2, 0.25) is 0 Å². The Kier molecular flexibility index (Phi) is 2.46. The van der Waals surface area contributed by atoms with Crippen LogP contribution in [0.5, 0.6) is 0 Å². The maximum Gasteiger partial charge on any atom is 0.149 e. The number of aromatic nitrogens is 2. The molecule has 0 fully saturated rings. The van der Waals surface area contributed by atoms with Crippen LogP contribution in [0.1, 0.15) is 25.1 Å². The molecular formula is C10H18N4. The monoisotopic (exact) mass is 194 g/mol. The number of hydrogen-bond donors (Lipinski definition) is 2. The van der Waals surface area contributed by atoms with E-state index in [1.54, 1.807) is 0 Å². The number of nitrogens with one attached hydrogen (secondary N) is 1. The lowest BCUT2D eigenvalue weighted by atomic mass is 10.1. The molecule has 0 atom stereocenters. The Hall–Kier alpha value is -1.03.